The minimum atomic E-state index is -0.470. The lowest BCUT2D eigenvalue weighted by Gasteiger charge is -2.14. The second-order valence-electron chi connectivity index (χ2n) is 4.26. The Balaban J connectivity index is 2.26. The topological polar surface area (TPSA) is 9.23 Å². The smallest absolute Gasteiger partial charge is 0.127 e. The summed E-state index contributed by atoms with van der Waals surface area (Å²) in [5.74, 6) is 0.277. The van der Waals surface area contributed by atoms with Gasteiger partial charge in [0.05, 0.1) is 12.5 Å². The van der Waals surface area contributed by atoms with Crippen LogP contribution in [0, 0.1) is 5.82 Å². The van der Waals surface area contributed by atoms with Gasteiger partial charge in [0.1, 0.15) is 11.6 Å². The molecule has 0 amide bonds. The van der Waals surface area contributed by atoms with Crippen molar-refractivity contribution in [1.82, 2.24) is 0 Å². The molecule has 2 aromatic rings. The first-order chi connectivity index (χ1) is 9.52. The number of ether oxygens (including phenoxy) is 1. The lowest BCUT2D eigenvalue weighted by molar-refractivity contribution is 0.414. The zero-order valence-corrected chi connectivity index (χ0v) is 12.9. The van der Waals surface area contributed by atoms with Crippen molar-refractivity contribution >= 4 is 34.8 Å². The summed E-state index contributed by atoms with van der Waals surface area (Å²) in [4.78, 5) is 0. The maximum Gasteiger partial charge on any atom is 0.127 e. The van der Waals surface area contributed by atoms with Crippen LogP contribution in [0.1, 0.15) is 16.5 Å². The average molecular weight is 334 g/mol. The van der Waals surface area contributed by atoms with Gasteiger partial charge in [0.2, 0.25) is 0 Å². The van der Waals surface area contributed by atoms with E-state index in [2.05, 4.69) is 0 Å². The molecule has 0 aliphatic heterocycles. The van der Waals surface area contributed by atoms with Crippen molar-refractivity contribution in [1.29, 1.82) is 0 Å². The fourth-order valence-corrected chi connectivity index (χ4v) is 2.85. The lowest BCUT2D eigenvalue weighted by Crippen LogP contribution is -2.00. The minimum absolute atomic E-state index is 0.263. The quantitative estimate of drug-likeness (QED) is 0.656. The van der Waals surface area contributed by atoms with Crippen molar-refractivity contribution < 1.29 is 9.13 Å². The Kier molecular flexibility index (Phi) is 5.14. The fourth-order valence-electron chi connectivity index (χ4n) is 1.91. The monoisotopic (exact) mass is 332 g/mol. The number of alkyl halides is 1. The molecular weight excluding hydrogens is 322 g/mol. The molecule has 0 aliphatic rings. The zero-order chi connectivity index (χ0) is 14.7. The SMILES string of the molecule is COc1ccc(C(Cl)Cc2c(F)cccc2Cl)c(Cl)c1. The Morgan fingerprint density at radius 3 is 2.50 bits per heavy atom. The Hall–Kier alpha value is -0.960. The van der Waals surface area contributed by atoms with Crippen LogP contribution in [-0.4, -0.2) is 7.11 Å². The van der Waals surface area contributed by atoms with Gasteiger partial charge >= 0.3 is 0 Å². The van der Waals surface area contributed by atoms with Gasteiger partial charge in [-0.3, -0.25) is 0 Å². The number of hydrogen-bond donors (Lipinski definition) is 0. The Bertz CT molecular complexity index is 596. The second kappa shape index (κ2) is 6.66. The van der Waals surface area contributed by atoms with Gasteiger partial charge in [-0.1, -0.05) is 35.3 Å². The van der Waals surface area contributed by atoms with Gasteiger partial charge in [-0.15, -0.1) is 11.6 Å². The lowest BCUT2D eigenvalue weighted by atomic mass is 10.0. The van der Waals surface area contributed by atoms with E-state index in [4.69, 9.17) is 39.5 Å². The van der Waals surface area contributed by atoms with Crippen LogP contribution in [0.5, 0.6) is 5.75 Å². The summed E-state index contributed by atoms with van der Waals surface area (Å²) in [6.07, 6.45) is 0.263. The maximum absolute atomic E-state index is 13.7. The number of benzene rings is 2. The van der Waals surface area contributed by atoms with Crippen molar-refractivity contribution in [2.45, 2.75) is 11.8 Å². The van der Waals surface area contributed by atoms with Gasteiger partial charge < -0.3 is 4.74 Å². The molecule has 1 unspecified atom stereocenters. The highest BCUT2D eigenvalue weighted by molar-refractivity contribution is 6.33. The molecule has 2 aromatic carbocycles. The number of methoxy groups -OCH3 is 1. The Labute approximate surface area is 132 Å². The highest BCUT2D eigenvalue weighted by Crippen LogP contribution is 2.35. The minimum Gasteiger partial charge on any atom is -0.497 e. The van der Waals surface area contributed by atoms with Crippen molar-refractivity contribution in [3.8, 4) is 5.75 Å². The molecule has 1 atom stereocenters. The predicted molar refractivity (Wildman–Crippen MR) is 81.7 cm³/mol. The van der Waals surface area contributed by atoms with Crippen molar-refractivity contribution in [2.75, 3.05) is 7.11 Å². The molecule has 0 spiro atoms. The molecule has 0 bridgehead atoms. The summed E-state index contributed by atoms with van der Waals surface area (Å²) >= 11 is 18.5. The largest absolute Gasteiger partial charge is 0.497 e. The van der Waals surface area contributed by atoms with Gasteiger partial charge in [-0.2, -0.15) is 0 Å². The van der Waals surface area contributed by atoms with E-state index in [-0.39, 0.29) is 12.2 Å². The molecule has 0 radical (unpaired) electrons. The normalized spacial score (nSPS) is 12.2. The van der Waals surface area contributed by atoms with Crippen LogP contribution in [0.15, 0.2) is 36.4 Å². The highest BCUT2D eigenvalue weighted by Gasteiger charge is 2.17. The van der Waals surface area contributed by atoms with Crippen LogP contribution in [0.25, 0.3) is 0 Å². The standard InChI is InChI=1S/C15H12Cl3FO/c1-20-9-5-6-10(13(17)7-9)14(18)8-11-12(16)3-2-4-15(11)19/h2-7,14H,8H2,1H3. The second-order valence-corrected chi connectivity index (χ2v) is 5.60. The fraction of sp³-hybridized carbons (Fsp3) is 0.200. The molecular formula is C15H12Cl3FO. The molecule has 0 aliphatic carbocycles. The molecule has 1 nitrogen and oxygen atoms in total. The summed E-state index contributed by atoms with van der Waals surface area (Å²) < 4.78 is 18.8. The average Bonchev–Trinajstić information content (AvgIpc) is 2.42. The molecule has 5 heteroatoms. The van der Waals surface area contributed by atoms with Crippen LogP contribution < -0.4 is 4.74 Å². The highest BCUT2D eigenvalue weighted by atomic mass is 35.5. The van der Waals surface area contributed by atoms with Gasteiger partial charge in [0.25, 0.3) is 0 Å². The van der Waals surface area contributed by atoms with Crippen LogP contribution in [0.3, 0.4) is 0 Å². The molecule has 0 saturated heterocycles. The van der Waals surface area contributed by atoms with Crippen molar-refractivity contribution in [3.63, 3.8) is 0 Å². The first-order valence-corrected chi connectivity index (χ1v) is 7.12. The van der Waals surface area contributed by atoms with E-state index in [9.17, 15) is 4.39 Å². The summed E-state index contributed by atoms with van der Waals surface area (Å²) in [5.41, 5.74) is 1.11. The first-order valence-electron chi connectivity index (χ1n) is 5.93. The third kappa shape index (κ3) is 3.38. The van der Waals surface area contributed by atoms with Crippen LogP contribution in [0.2, 0.25) is 10.0 Å². The van der Waals surface area contributed by atoms with E-state index in [0.717, 1.165) is 0 Å². The van der Waals surface area contributed by atoms with E-state index in [1.165, 1.54) is 6.07 Å². The third-order valence-electron chi connectivity index (χ3n) is 2.99. The molecule has 0 N–H and O–H groups in total. The molecule has 0 heterocycles. The van der Waals surface area contributed by atoms with Crippen LogP contribution in [0.4, 0.5) is 4.39 Å². The molecule has 0 fully saturated rings. The van der Waals surface area contributed by atoms with E-state index >= 15 is 0 Å². The van der Waals surface area contributed by atoms with Crippen LogP contribution >= 0.6 is 34.8 Å². The zero-order valence-electron chi connectivity index (χ0n) is 10.7. The van der Waals surface area contributed by atoms with Gasteiger partial charge in [0.15, 0.2) is 0 Å². The molecule has 20 heavy (non-hydrogen) atoms. The molecule has 0 aromatic heterocycles. The first kappa shape index (κ1) is 15.4. The molecule has 0 saturated carbocycles. The number of rotatable bonds is 4. The van der Waals surface area contributed by atoms with E-state index in [1.807, 2.05) is 0 Å². The Morgan fingerprint density at radius 2 is 1.90 bits per heavy atom. The summed E-state index contributed by atoms with van der Waals surface area (Å²) in [7, 11) is 1.56. The third-order valence-corrected chi connectivity index (χ3v) is 4.06. The predicted octanol–water partition coefficient (Wildman–Crippen LogP) is 5.66. The molecule has 106 valence electrons. The van der Waals surface area contributed by atoms with Crippen molar-refractivity contribution in [3.05, 3.63) is 63.4 Å². The van der Waals surface area contributed by atoms with Gasteiger partial charge in [-0.05, 0) is 36.2 Å². The summed E-state index contributed by atoms with van der Waals surface area (Å²) in [6.45, 7) is 0. The van der Waals surface area contributed by atoms with E-state index in [0.29, 0.717) is 26.9 Å². The number of halogens is 4. The van der Waals surface area contributed by atoms with Crippen molar-refractivity contribution in [2.24, 2.45) is 0 Å². The van der Waals surface area contributed by atoms with Crippen LogP contribution in [-0.2, 0) is 6.42 Å². The summed E-state index contributed by atoms with van der Waals surface area (Å²) in [6, 6.07) is 9.77. The van der Waals surface area contributed by atoms with E-state index in [1.54, 1.807) is 37.4 Å². The van der Waals surface area contributed by atoms with Gasteiger partial charge in [0, 0.05) is 15.6 Å². The maximum atomic E-state index is 13.7. The number of hydrogen-bond acceptors (Lipinski definition) is 1. The summed E-state index contributed by atoms with van der Waals surface area (Å²) in [5, 5.41) is 0.375. The molecule has 2 rings (SSSR count). The Morgan fingerprint density at radius 1 is 1.15 bits per heavy atom. The van der Waals surface area contributed by atoms with Gasteiger partial charge in [-0.25, -0.2) is 4.39 Å². The van der Waals surface area contributed by atoms with E-state index < -0.39 is 5.38 Å².